The second-order valence-corrected chi connectivity index (χ2v) is 30.3. The number of fused-ring (bicyclic) bond motifs is 10. The minimum absolute atomic E-state index is 0.0363. The standard InChI is InChI=1S/C72H79BN2OS/c1-42-34-58-63-59(35-42)75(56-29-26-45(67(5,6)7)36-47(56)43-22-24-44(25-23-43)66(2,3)4)57-41-61-54(72(16,17)50-20-18-19-21-60(50)76-61)39-55(57)73(63)65-64(48-38-52-53(40-62(48)77-65)71(14,15)33-32-70(52,12)13)74(58)46-27-28-49-51(37-46)69(10,11)31-30-68(49,8)9/h18-29,34-41H,30-33H2,1-17H3. The fourth-order valence-electron chi connectivity index (χ4n) is 14.4. The van der Waals surface area contributed by atoms with Gasteiger partial charge in [-0.1, -0.05) is 171 Å². The number of anilines is 6. The van der Waals surface area contributed by atoms with E-state index < -0.39 is 0 Å². The van der Waals surface area contributed by atoms with Crippen LogP contribution in [0.4, 0.5) is 34.1 Å². The first-order chi connectivity index (χ1) is 36.0. The number of hydrogen-bond donors (Lipinski definition) is 0. The van der Waals surface area contributed by atoms with Gasteiger partial charge in [0.15, 0.2) is 0 Å². The predicted molar refractivity (Wildman–Crippen MR) is 333 cm³/mol. The molecule has 392 valence electrons. The Hall–Kier alpha value is -6.04. The quantitative estimate of drug-likeness (QED) is 0.164. The Morgan fingerprint density at radius 2 is 1.08 bits per heavy atom. The fourth-order valence-corrected chi connectivity index (χ4v) is 15.8. The second-order valence-electron chi connectivity index (χ2n) is 29.2. The Morgan fingerprint density at radius 3 is 1.73 bits per heavy atom. The number of aryl methyl sites for hydroxylation is 1. The first kappa shape index (κ1) is 50.5. The van der Waals surface area contributed by atoms with Gasteiger partial charge in [0.25, 0.3) is 6.71 Å². The van der Waals surface area contributed by atoms with Gasteiger partial charge in [-0.05, 0) is 175 Å². The minimum atomic E-state index is -0.307. The average Bonchev–Trinajstić information content (AvgIpc) is 3.94. The Bertz CT molecular complexity index is 3810. The smallest absolute Gasteiger partial charge is 0.264 e. The van der Waals surface area contributed by atoms with Gasteiger partial charge in [0.05, 0.1) is 11.4 Å². The highest BCUT2D eigenvalue weighted by molar-refractivity contribution is 7.33. The zero-order valence-electron chi connectivity index (χ0n) is 49.2. The number of nitrogens with zero attached hydrogens (tertiary/aromatic N) is 2. The van der Waals surface area contributed by atoms with Crippen molar-refractivity contribution < 1.29 is 4.74 Å². The molecule has 13 rings (SSSR count). The molecule has 77 heavy (non-hydrogen) atoms. The van der Waals surface area contributed by atoms with E-state index in [2.05, 4.69) is 249 Å². The Balaban J connectivity index is 1.16. The first-order valence-corrected chi connectivity index (χ1v) is 29.6. The Labute approximate surface area is 465 Å². The number of rotatable bonds is 3. The Morgan fingerprint density at radius 1 is 0.494 bits per heavy atom. The third-order valence-electron chi connectivity index (χ3n) is 19.6. The van der Waals surface area contributed by atoms with E-state index in [-0.39, 0.29) is 44.6 Å². The molecule has 3 nitrogen and oxygen atoms in total. The molecule has 0 amide bonds. The van der Waals surface area contributed by atoms with E-state index in [4.69, 9.17) is 4.74 Å². The summed E-state index contributed by atoms with van der Waals surface area (Å²) in [7, 11) is 0. The van der Waals surface area contributed by atoms with Crippen molar-refractivity contribution >= 4 is 78.0 Å². The van der Waals surface area contributed by atoms with Gasteiger partial charge < -0.3 is 14.5 Å². The van der Waals surface area contributed by atoms with Crippen molar-refractivity contribution in [2.75, 3.05) is 9.80 Å². The lowest BCUT2D eigenvalue weighted by molar-refractivity contribution is 0.332. The summed E-state index contributed by atoms with van der Waals surface area (Å²) in [6, 6.07) is 48.3. The lowest BCUT2D eigenvalue weighted by Gasteiger charge is -2.46. The molecule has 5 aliphatic rings. The lowest BCUT2D eigenvalue weighted by atomic mass is 9.36. The van der Waals surface area contributed by atoms with Crippen LogP contribution in [-0.2, 0) is 37.9 Å². The molecule has 5 heteroatoms. The van der Waals surface area contributed by atoms with Crippen LogP contribution in [0, 0.1) is 6.92 Å². The van der Waals surface area contributed by atoms with Crippen LogP contribution in [0.15, 0.2) is 121 Å². The normalized spacial score (nSPS) is 18.8. The molecular formula is C72H79BN2OS. The average molecular weight is 1030 g/mol. The van der Waals surface area contributed by atoms with E-state index >= 15 is 0 Å². The minimum Gasteiger partial charge on any atom is -0.457 e. The predicted octanol–water partition coefficient (Wildman–Crippen LogP) is 18.7. The summed E-state index contributed by atoms with van der Waals surface area (Å²) in [6.07, 6.45) is 4.71. The zero-order valence-corrected chi connectivity index (χ0v) is 50.0. The molecular weight excluding hydrogens is 952 g/mol. The van der Waals surface area contributed by atoms with Gasteiger partial charge in [-0.15, -0.1) is 11.3 Å². The van der Waals surface area contributed by atoms with Crippen molar-refractivity contribution in [1.82, 2.24) is 0 Å². The summed E-state index contributed by atoms with van der Waals surface area (Å²) in [6.45, 7) is 40.8. The summed E-state index contributed by atoms with van der Waals surface area (Å²) in [5.41, 5.74) is 24.9. The van der Waals surface area contributed by atoms with Gasteiger partial charge >= 0.3 is 0 Å². The molecule has 8 aromatic rings. The van der Waals surface area contributed by atoms with Crippen LogP contribution in [0.3, 0.4) is 0 Å². The van der Waals surface area contributed by atoms with Gasteiger partial charge in [-0.25, -0.2) is 0 Å². The first-order valence-electron chi connectivity index (χ1n) is 28.8. The number of benzene rings is 7. The highest BCUT2D eigenvalue weighted by atomic mass is 32.1. The summed E-state index contributed by atoms with van der Waals surface area (Å²) < 4.78 is 9.94. The summed E-state index contributed by atoms with van der Waals surface area (Å²) in [5.74, 6) is 1.87. The van der Waals surface area contributed by atoms with Crippen LogP contribution >= 0.6 is 11.3 Å². The third-order valence-corrected chi connectivity index (χ3v) is 20.8. The van der Waals surface area contributed by atoms with Gasteiger partial charge in [-0.3, -0.25) is 0 Å². The number of para-hydroxylation sites is 1. The molecule has 0 atom stereocenters. The molecule has 0 unspecified atom stereocenters. The topological polar surface area (TPSA) is 15.7 Å². The van der Waals surface area contributed by atoms with Gasteiger partial charge in [0, 0.05) is 65.8 Å². The van der Waals surface area contributed by atoms with Gasteiger partial charge in [0.2, 0.25) is 0 Å². The van der Waals surface area contributed by atoms with Crippen LogP contribution in [-0.4, -0.2) is 6.71 Å². The van der Waals surface area contributed by atoms with Crippen LogP contribution in [0.25, 0.3) is 21.2 Å². The van der Waals surface area contributed by atoms with Crippen molar-refractivity contribution in [3.8, 4) is 22.6 Å². The molecule has 0 fully saturated rings. The van der Waals surface area contributed by atoms with Crippen LogP contribution < -0.4 is 30.2 Å². The molecule has 0 bridgehead atoms. The van der Waals surface area contributed by atoms with E-state index in [1.165, 1.54) is 140 Å². The highest BCUT2D eigenvalue weighted by Crippen LogP contribution is 2.57. The Kier molecular flexibility index (Phi) is 10.7. The summed E-state index contributed by atoms with van der Waals surface area (Å²) in [4.78, 5) is 5.38. The van der Waals surface area contributed by atoms with E-state index in [0.29, 0.717) is 0 Å². The number of hydrogen-bond acceptors (Lipinski definition) is 4. The third kappa shape index (κ3) is 7.54. The van der Waals surface area contributed by atoms with Crippen molar-refractivity contribution in [1.29, 1.82) is 0 Å². The molecule has 1 aromatic heterocycles. The number of ether oxygens (including phenoxy) is 1. The number of thiophene rings is 1. The lowest BCUT2D eigenvalue weighted by Crippen LogP contribution is -2.60. The molecule has 0 N–H and O–H groups in total. The van der Waals surface area contributed by atoms with Crippen LogP contribution in [0.5, 0.6) is 11.5 Å². The van der Waals surface area contributed by atoms with E-state index in [1.54, 1.807) is 0 Å². The highest BCUT2D eigenvalue weighted by Gasteiger charge is 2.49. The van der Waals surface area contributed by atoms with Gasteiger partial charge in [0.1, 0.15) is 11.5 Å². The van der Waals surface area contributed by atoms with Crippen molar-refractivity contribution in [3.05, 3.63) is 171 Å². The SMILES string of the molecule is Cc1cc2c3c(c1)N(c1ccc4c(c1)C(C)(C)CCC4(C)C)c1c(sc4cc5c(cc14)C(C)(C)CCC5(C)C)B3c1cc3c(cc1N2c1ccc(C(C)(C)C)cc1-c1ccc(C(C)(C)C)cc1)Oc1ccccc1C3(C)C. The molecule has 3 aliphatic heterocycles. The summed E-state index contributed by atoms with van der Waals surface area (Å²) in [5, 5.41) is 1.37. The van der Waals surface area contributed by atoms with Crippen LogP contribution in [0.1, 0.15) is 187 Å². The molecule has 7 aromatic carbocycles. The largest absolute Gasteiger partial charge is 0.457 e. The maximum Gasteiger partial charge on any atom is 0.264 e. The second kappa shape index (κ2) is 16.3. The molecule has 0 saturated heterocycles. The molecule has 0 spiro atoms. The molecule has 2 aliphatic carbocycles. The maximum atomic E-state index is 7.14. The fraction of sp³-hybridized carbons (Fsp3) is 0.389. The van der Waals surface area contributed by atoms with E-state index in [9.17, 15) is 0 Å². The van der Waals surface area contributed by atoms with Crippen LogP contribution in [0.2, 0.25) is 0 Å². The van der Waals surface area contributed by atoms with E-state index in [0.717, 1.165) is 17.9 Å². The zero-order chi connectivity index (χ0) is 54.5. The van der Waals surface area contributed by atoms with Crippen molar-refractivity contribution in [2.45, 2.75) is 181 Å². The molecule has 0 radical (unpaired) electrons. The maximum absolute atomic E-state index is 7.14. The molecule has 0 saturated carbocycles. The molecule has 4 heterocycles. The monoisotopic (exact) mass is 1030 g/mol. The van der Waals surface area contributed by atoms with Gasteiger partial charge in [-0.2, -0.15) is 0 Å². The van der Waals surface area contributed by atoms with Crippen molar-refractivity contribution in [3.63, 3.8) is 0 Å². The summed E-state index contributed by atoms with van der Waals surface area (Å²) >= 11 is 2.05. The van der Waals surface area contributed by atoms with Crippen molar-refractivity contribution in [2.24, 2.45) is 0 Å². The van der Waals surface area contributed by atoms with E-state index in [1.807, 2.05) is 11.3 Å².